The minimum absolute atomic E-state index is 1.13. The Morgan fingerprint density at radius 3 is 2.81 bits per heavy atom. The Balaban J connectivity index is 2.19. The Kier molecular flexibility index (Phi) is 2.15. The van der Waals surface area contributed by atoms with Gasteiger partial charge in [-0.05, 0) is 34.7 Å². The molecule has 1 radical (unpaired) electrons. The minimum atomic E-state index is 1.13. The molecular weight excluding hydrogens is 194 g/mol. The van der Waals surface area contributed by atoms with Crippen LogP contribution in [0.1, 0.15) is 0 Å². The fourth-order valence-corrected chi connectivity index (χ4v) is 1.82. The zero-order valence-corrected chi connectivity index (χ0v) is 8.72. The van der Waals surface area contributed by atoms with Gasteiger partial charge in [0.2, 0.25) is 0 Å². The first-order valence-corrected chi connectivity index (χ1v) is 5.24. The van der Waals surface area contributed by atoms with Crippen molar-refractivity contribution in [2.75, 3.05) is 0 Å². The maximum absolute atomic E-state index is 4.11. The van der Waals surface area contributed by atoms with Gasteiger partial charge in [-0.2, -0.15) is 0 Å². The van der Waals surface area contributed by atoms with Crippen molar-refractivity contribution in [2.24, 2.45) is 0 Å². The van der Waals surface area contributed by atoms with Gasteiger partial charge in [-0.1, -0.05) is 36.4 Å². The minimum Gasteiger partial charge on any atom is -0.264 e. The van der Waals surface area contributed by atoms with Crippen molar-refractivity contribution < 1.29 is 0 Å². The van der Waals surface area contributed by atoms with E-state index in [0.29, 0.717) is 0 Å². The Morgan fingerprint density at radius 1 is 0.938 bits per heavy atom. The van der Waals surface area contributed by atoms with Crippen LogP contribution >= 0.6 is 0 Å². The van der Waals surface area contributed by atoms with Crippen LogP contribution in [0.25, 0.3) is 21.9 Å². The molecule has 3 aromatic rings. The second-order valence-corrected chi connectivity index (χ2v) is 3.71. The molecule has 0 aliphatic heterocycles. The molecule has 0 amide bonds. The summed E-state index contributed by atoms with van der Waals surface area (Å²) in [6.45, 7) is 0. The highest BCUT2D eigenvalue weighted by Crippen LogP contribution is 2.23. The molecule has 0 saturated carbocycles. The van der Waals surface area contributed by atoms with E-state index in [1.54, 1.807) is 0 Å². The Morgan fingerprint density at radius 2 is 1.94 bits per heavy atom. The van der Waals surface area contributed by atoms with E-state index in [1.165, 1.54) is 16.3 Å². The molecule has 75 valence electrons. The van der Waals surface area contributed by atoms with Crippen LogP contribution in [-0.4, -0.2) is 4.98 Å². The molecule has 2 aromatic carbocycles. The molecule has 1 heteroatoms. The summed E-state index contributed by atoms with van der Waals surface area (Å²) in [6, 6.07) is 19.7. The van der Waals surface area contributed by atoms with Gasteiger partial charge in [0.25, 0.3) is 0 Å². The van der Waals surface area contributed by atoms with E-state index in [2.05, 4.69) is 35.3 Å². The molecule has 1 aromatic heterocycles. The van der Waals surface area contributed by atoms with Crippen LogP contribution < -0.4 is 0 Å². The smallest absolute Gasteiger partial charge is 0.0346 e. The van der Waals surface area contributed by atoms with E-state index >= 15 is 0 Å². The topological polar surface area (TPSA) is 12.9 Å². The Hall–Kier alpha value is -2.15. The summed E-state index contributed by atoms with van der Waals surface area (Å²) in [6.07, 6.45) is 3.70. The van der Waals surface area contributed by atoms with Gasteiger partial charge in [0.05, 0.1) is 0 Å². The first-order valence-electron chi connectivity index (χ1n) is 5.24. The van der Waals surface area contributed by atoms with Crippen LogP contribution in [0.4, 0.5) is 0 Å². The van der Waals surface area contributed by atoms with Crippen LogP contribution in [0.2, 0.25) is 0 Å². The third kappa shape index (κ3) is 1.57. The highest BCUT2D eigenvalue weighted by atomic mass is 14.6. The lowest BCUT2D eigenvalue weighted by Gasteiger charge is -2.02. The largest absolute Gasteiger partial charge is 0.264 e. The van der Waals surface area contributed by atoms with Gasteiger partial charge >= 0.3 is 0 Å². The average molecular weight is 204 g/mol. The third-order valence-electron chi connectivity index (χ3n) is 2.66. The molecule has 0 unspecified atom stereocenters. The van der Waals surface area contributed by atoms with E-state index in [4.69, 9.17) is 0 Å². The fourth-order valence-electron chi connectivity index (χ4n) is 1.82. The number of rotatable bonds is 1. The van der Waals surface area contributed by atoms with E-state index in [0.717, 1.165) is 5.56 Å². The van der Waals surface area contributed by atoms with E-state index in [-0.39, 0.29) is 0 Å². The standard InChI is InChI=1S/C15H10N/c1-2-4-12(5-3-1)13-6-7-15-11-16-9-8-14(15)10-13/h1-4,6-11H. The van der Waals surface area contributed by atoms with Gasteiger partial charge < -0.3 is 0 Å². The van der Waals surface area contributed by atoms with E-state index in [1.807, 2.05) is 36.7 Å². The molecule has 0 saturated heterocycles. The number of benzene rings is 2. The van der Waals surface area contributed by atoms with Gasteiger partial charge in [-0.3, -0.25) is 4.98 Å². The van der Waals surface area contributed by atoms with Crippen molar-refractivity contribution in [3.63, 3.8) is 0 Å². The molecule has 0 spiro atoms. The van der Waals surface area contributed by atoms with Gasteiger partial charge in [0.1, 0.15) is 0 Å². The third-order valence-corrected chi connectivity index (χ3v) is 2.66. The molecule has 1 heterocycles. The summed E-state index contributed by atoms with van der Waals surface area (Å²) in [5, 5.41) is 2.38. The zero-order chi connectivity index (χ0) is 10.8. The lowest BCUT2D eigenvalue weighted by Crippen LogP contribution is -1.79. The van der Waals surface area contributed by atoms with Crippen molar-refractivity contribution in [1.29, 1.82) is 0 Å². The molecule has 0 fully saturated rings. The van der Waals surface area contributed by atoms with Gasteiger partial charge in [0, 0.05) is 17.8 Å². The van der Waals surface area contributed by atoms with Crippen LogP contribution in [0.5, 0.6) is 0 Å². The van der Waals surface area contributed by atoms with Crippen molar-refractivity contribution in [3.05, 3.63) is 67.0 Å². The molecule has 0 atom stereocenters. The summed E-state index contributed by atoms with van der Waals surface area (Å²) in [7, 11) is 0. The van der Waals surface area contributed by atoms with Crippen molar-refractivity contribution >= 4 is 10.8 Å². The molecule has 0 bridgehead atoms. The molecule has 1 nitrogen and oxygen atoms in total. The van der Waals surface area contributed by atoms with E-state index in [9.17, 15) is 0 Å². The number of nitrogens with zero attached hydrogens (tertiary/aromatic N) is 1. The summed E-state index contributed by atoms with van der Waals surface area (Å²) in [5.41, 5.74) is 2.32. The highest BCUT2D eigenvalue weighted by molar-refractivity contribution is 5.86. The molecule has 0 N–H and O–H groups in total. The summed E-state index contributed by atoms with van der Waals surface area (Å²) >= 11 is 0. The van der Waals surface area contributed by atoms with Gasteiger partial charge in [-0.15, -0.1) is 0 Å². The number of pyridine rings is 1. The fraction of sp³-hybridized carbons (Fsp3) is 0. The number of hydrogen-bond donors (Lipinski definition) is 0. The predicted molar refractivity (Wildman–Crippen MR) is 66.0 cm³/mol. The van der Waals surface area contributed by atoms with E-state index < -0.39 is 0 Å². The van der Waals surface area contributed by atoms with Crippen molar-refractivity contribution in [1.82, 2.24) is 4.98 Å². The average Bonchev–Trinajstić information content (AvgIpc) is 2.39. The molecule has 0 aliphatic carbocycles. The summed E-state index contributed by atoms with van der Waals surface area (Å²) < 4.78 is 0. The molecule has 0 aliphatic rings. The second-order valence-electron chi connectivity index (χ2n) is 3.71. The van der Waals surface area contributed by atoms with Crippen LogP contribution in [0, 0.1) is 6.07 Å². The lowest BCUT2D eigenvalue weighted by atomic mass is 10.0. The van der Waals surface area contributed by atoms with Crippen molar-refractivity contribution in [3.8, 4) is 11.1 Å². The number of fused-ring (bicyclic) bond motifs is 1. The van der Waals surface area contributed by atoms with Crippen LogP contribution in [-0.2, 0) is 0 Å². The van der Waals surface area contributed by atoms with Crippen LogP contribution in [0.15, 0.2) is 60.9 Å². The predicted octanol–water partition coefficient (Wildman–Crippen LogP) is 3.70. The molecule has 16 heavy (non-hydrogen) atoms. The Labute approximate surface area is 94.4 Å². The summed E-state index contributed by atoms with van der Waals surface area (Å²) in [4.78, 5) is 4.11. The van der Waals surface area contributed by atoms with Gasteiger partial charge in [0.15, 0.2) is 0 Å². The lowest BCUT2D eigenvalue weighted by molar-refractivity contribution is 1.36. The molecular formula is C15H10N. The Bertz CT molecular complexity index is 614. The van der Waals surface area contributed by atoms with Crippen LogP contribution in [0.3, 0.4) is 0 Å². The molecule has 3 rings (SSSR count). The number of hydrogen-bond acceptors (Lipinski definition) is 1. The summed E-state index contributed by atoms with van der Waals surface area (Å²) in [5.74, 6) is 0. The maximum atomic E-state index is 4.11. The monoisotopic (exact) mass is 204 g/mol. The highest BCUT2D eigenvalue weighted by Gasteiger charge is 1.98. The maximum Gasteiger partial charge on any atom is 0.0346 e. The zero-order valence-electron chi connectivity index (χ0n) is 8.72. The first kappa shape index (κ1) is 9.10. The second kappa shape index (κ2) is 3.78. The SMILES string of the molecule is [c]1ccccc1-c1ccc2cnccc2c1. The van der Waals surface area contributed by atoms with Crippen molar-refractivity contribution in [2.45, 2.75) is 0 Å². The first-order chi connectivity index (χ1) is 7.93. The normalized spacial score (nSPS) is 10.5. The number of aromatic nitrogens is 1. The van der Waals surface area contributed by atoms with Gasteiger partial charge in [-0.25, -0.2) is 0 Å². The quantitative estimate of drug-likeness (QED) is 0.589.